The van der Waals surface area contributed by atoms with Gasteiger partial charge in [0.15, 0.2) is 0 Å². The van der Waals surface area contributed by atoms with E-state index in [4.69, 9.17) is 0 Å². The Morgan fingerprint density at radius 1 is 1.30 bits per heavy atom. The predicted molar refractivity (Wildman–Crippen MR) is 87.1 cm³/mol. The van der Waals surface area contributed by atoms with Gasteiger partial charge in [-0.1, -0.05) is 30.7 Å². The zero-order valence-corrected chi connectivity index (χ0v) is 13.7. The number of hydrogen-bond donors (Lipinski definition) is 1. The van der Waals surface area contributed by atoms with Crippen LogP contribution in [0, 0.1) is 19.8 Å². The summed E-state index contributed by atoms with van der Waals surface area (Å²) in [5.74, 6) is 0.932. The monoisotopic (exact) mass is 274 g/mol. The summed E-state index contributed by atoms with van der Waals surface area (Å²) in [6.45, 7) is 11.1. The van der Waals surface area contributed by atoms with Crippen molar-refractivity contribution in [3.63, 3.8) is 0 Å². The van der Waals surface area contributed by atoms with E-state index in [0.29, 0.717) is 12.1 Å². The SMILES string of the molecule is CCNC(CN(C)C(C)C1CC1)c1ccc(C)cc1C. The highest BCUT2D eigenvalue weighted by molar-refractivity contribution is 5.33. The van der Waals surface area contributed by atoms with Crippen LogP contribution in [0.15, 0.2) is 18.2 Å². The summed E-state index contributed by atoms with van der Waals surface area (Å²) in [4.78, 5) is 2.53. The molecule has 0 bridgehead atoms. The molecule has 1 aromatic rings. The van der Waals surface area contributed by atoms with E-state index < -0.39 is 0 Å². The van der Waals surface area contributed by atoms with E-state index in [2.05, 4.69) is 63.2 Å². The van der Waals surface area contributed by atoms with E-state index in [-0.39, 0.29) is 0 Å². The van der Waals surface area contributed by atoms with Crippen molar-refractivity contribution in [3.05, 3.63) is 34.9 Å². The Bertz CT molecular complexity index is 437. The maximum atomic E-state index is 3.66. The molecule has 112 valence electrons. The van der Waals surface area contributed by atoms with Gasteiger partial charge in [0, 0.05) is 18.6 Å². The van der Waals surface area contributed by atoms with Gasteiger partial charge in [-0.2, -0.15) is 0 Å². The van der Waals surface area contributed by atoms with Gasteiger partial charge in [0.25, 0.3) is 0 Å². The summed E-state index contributed by atoms with van der Waals surface area (Å²) in [6, 6.07) is 7.97. The Morgan fingerprint density at radius 2 is 2.00 bits per heavy atom. The highest BCUT2D eigenvalue weighted by Crippen LogP contribution is 2.35. The van der Waals surface area contributed by atoms with Crippen LogP contribution in [0.2, 0.25) is 0 Å². The maximum Gasteiger partial charge on any atom is 0.0451 e. The Morgan fingerprint density at radius 3 is 2.55 bits per heavy atom. The third-order valence-electron chi connectivity index (χ3n) is 4.72. The number of hydrogen-bond acceptors (Lipinski definition) is 2. The molecule has 2 atom stereocenters. The molecule has 1 aromatic carbocycles. The molecule has 1 aliphatic rings. The maximum absolute atomic E-state index is 3.66. The standard InChI is InChI=1S/C18H30N2/c1-6-19-18(12-20(5)15(4)16-8-9-16)17-10-7-13(2)11-14(17)3/h7,10-11,15-16,18-19H,6,8-9,12H2,1-5H3. The molecule has 0 heterocycles. The van der Waals surface area contributed by atoms with Gasteiger partial charge in [0.1, 0.15) is 0 Å². The van der Waals surface area contributed by atoms with E-state index in [0.717, 1.165) is 19.0 Å². The summed E-state index contributed by atoms with van der Waals surface area (Å²) in [6.07, 6.45) is 2.84. The second kappa shape index (κ2) is 6.73. The van der Waals surface area contributed by atoms with Gasteiger partial charge in [-0.05, 0) is 64.3 Å². The van der Waals surface area contributed by atoms with Crippen molar-refractivity contribution in [2.45, 2.75) is 52.6 Å². The van der Waals surface area contributed by atoms with Crippen molar-refractivity contribution in [1.29, 1.82) is 0 Å². The van der Waals surface area contributed by atoms with Gasteiger partial charge >= 0.3 is 0 Å². The minimum Gasteiger partial charge on any atom is -0.309 e. The first-order valence-corrected chi connectivity index (χ1v) is 8.03. The lowest BCUT2D eigenvalue weighted by Crippen LogP contribution is -2.39. The molecule has 1 fully saturated rings. The molecule has 0 spiro atoms. The van der Waals surface area contributed by atoms with Crippen molar-refractivity contribution < 1.29 is 0 Å². The number of aryl methyl sites for hydroxylation is 2. The highest BCUT2D eigenvalue weighted by Gasteiger charge is 2.31. The lowest BCUT2D eigenvalue weighted by molar-refractivity contribution is 0.210. The summed E-state index contributed by atoms with van der Waals surface area (Å²) >= 11 is 0. The average molecular weight is 274 g/mol. The predicted octanol–water partition coefficient (Wildman–Crippen LogP) is 3.68. The molecule has 0 radical (unpaired) electrons. The normalized spacial score (nSPS) is 18.3. The minimum atomic E-state index is 0.437. The molecular formula is C18H30N2. The highest BCUT2D eigenvalue weighted by atomic mass is 15.2. The van der Waals surface area contributed by atoms with E-state index in [9.17, 15) is 0 Å². The lowest BCUT2D eigenvalue weighted by Gasteiger charge is -2.30. The fraction of sp³-hybridized carbons (Fsp3) is 0.667. The molecule has 0 amide bonds. The van der Waals surface area contributed by atoms with Gasteiger partial charge < -0.3 is 10.2 Å². The second-order valence-electron chi connectivity index (χ2n) is 6.49. The third kappa shape index (κ3) is 3.83. The van der Waals surface area contributed by atoms with Crippen LogP contribution in [0.3, 0.4) is 0 Å². The van der Waals surface area contributed by atoms with Crippen molar-refractivity contribution in [2.75, 3.05) is 20.1 Å². The number of rotatable bonds is 7. The molecule has 2 rings (SSSR count). The zero-order chi connectivity index (χ0) is 14.7. The van der Waals surface area contributed by atoms with E-state index >= 15 is 0 Å². The number of nitrogens with zero attached hydrogens (tertiary/aromatic N) is 1. The Labute approximate surface area is 124 Å². The van der Waals surface area contributed by atoms with Crippen molar-refractivity contribution in [1.82, 2.24) is 10.2 Å². The number of nitrogens with one attached hydrogen (secondary N) is 1. The van der Waals surface area contributed by atoms with E-state index in [1.807, 2.05) is 0 Å². The zero-order valence-electron chi connectivity index (χ0n) is 13.7. The van der Waals surface area contributed by atoms with Gasteiger partial charge in [0.05, 0.1) is 0 Å². The number of likely N-dealkylation sites (N-methyl/N-ethyl adjacent to an activating group) is 2. The van der Waals surface area contributed by atoms with Crippen molar-refractivity contribution in [3.8, 4) is 0 Å². The Balaban J connectivity index is 2.09. The summed E-state index contributed by atoms with van der Waals surface area (Å²) in [5, 5.41) is 3.66. The van der Waals surface area contributed by atoms with Gasteiger partial charge in [0.2, 0.25) is 0 Å². The summed E-state index contributed by atoms with van der Waals surface area (Å²) < 4.78 is 0. The molecule has 20 heavy (non-hydrogen) atoms. The quantitative estimate of drug-likeness (QED) is 0.816. The lowest BCUT2D eigenvalue weighted by atomic mass is 9.98. The molecule has 2 heteroatoms. The van der Waals surface area contributed by atoms with Crippen LogP contribution >= 0.6 is 0 Å². The van der Waals surface area contributed by atoms with E-state index in [1.54, 1.807) is 0 Å². The molecule has 2 unspecified atom stereocenters. The first-order valence-electron chi connectivity index (χ1n) is 8.03. The second-order valence-corrected chi connectivity index (χ2v) is 6.49. The molecule has 1 aliphatic carbocycles. The average Bonchev–Trinajstić information content (AvgIpc) is 3.21. The largest absolute Gasteiger partial charge is 0.309 e. The van der Waals surface area contributed by atoms with Gasteiger partial charge in [-0.15, -0.1) is 0 Å². The van der Waals surface area contributed by atoms with Crippen LogP contribution in [0.5, 0.6) is 0 Å². The van der Waals surface area contributed by atoms with E-state index in [1.165, 1.54) is 29.5 Å². The van der Waals surface area contributed by atoms with Crippen LogP contribution in [0.1, 0.15) is 49.4 Å². The molecular weight excluding hydrogens is 244 g/mol. The summed E-state index contributed by atoms with van der Waals surface area (Å²) in [5.41, 5.74) is 4.21. The van der Waals surface area contributed by atoms with Crippen LogP contribution in [-0.2, 0) is 0 Å². The number of benzene rings is 1. The first kappa shape index (κ1) is 15.5. The molecule has 0 aromatic heterocycles. The fourth-order valence-electron chi connectivity index (χ4n) is 3.13. The molecule has 1 saturated carbocycles. The third-order valence-corrected chi connectivity index (χ3v) is 4.72. The van der Waals surface area contributed by atoms with Crippen LogP contribution in [0.25, 0.3) is 0 Å². The topological polar surface area (TPSA) is 15.3 Å². The molecule has 0 saturated heterocycles. The minimum absolute atomic E-state index is 0.437. The molecule has 2 nitrogen and oxygen atoms in total. The van der Waals surface area contributed by atoms with Crippen LogP contribution < -0.4 is 5.32 Å². The van der Waals surface area contributed by atoms with Gasteiger partial charge in [-0.25, -0.2) is 0 Å². The Hall–Kier alpha value is -0.860. The molecule has 0 aliphatic heterocycles. The van der Waals surface area contributed by atoms with Crippen LogP contribution in [-0.4, -0.2) is 31.1 Å². The first-order chi connectivity index (χ1) is 9.52. The molecule has 1 N–H and O–H groups in total. The van der Waals surface area contributed by atoms with Gasteiger partial charge in [-0.3, -0.25) is 0 Å². The van der Waals surface area contributed by atoms with Crippen LogP contribution in [0.4, 0.5) is 0 Å². The fourth-order valence-corrected chi connectivity index (χ4v) is 3.13. The van der Waals surface area contributed by atoms with Crippen molar-refractivity contribution >= 4 is 0 Å². The van der Waals surface area contributed by atoms with Crippen molar-refractivity contribution in [2.24, 2.45) is 5.92 Å². The smallest absolute Gasteiger partial charge is 0.0451 e. The Kier molecular flexibility index (Phi) is 5.22. The summed E-state index contributed by atoms with van der Waals surface area (Å²) in [7, 11) is 2.27.